The van der Waals surface area contributed by atoms with Crippen LogP contribution in [-0.2, 0) is 16.5 Å². The van der Waals surface area contributed by atoms with Crippen molar-refractivity contribution in [3.05, 3.63) is 59.1 Å². The van der Waals surface area contributed by atoms with Gasteiger partial charge in [0.15, 0.2) is 22.3 Å². The van der Waals surface area contributed by atoms with Crippen molar-refractivity contribution in [3.63, 3.8) is 0 Å². The molecule has 0 atom stereocenters. The van der Waals surface area contributed by atoms with Crippen LogP contribution in [0, 0.1) is 24.4 Å². The molecular formula is C18H13F4NO3S. The van der Waals surface area contributed by atoms with Crippen LogP contribution in [0.4, 0.5) is 17.6 Å². The van der Waals surface area contributed by atoms with Crippen LogP contribution < -0.4 is 0 Å². The van der Waals surface area contributed by atoms with Crippen molar-refractivity contribution in [1.82, 2.24) is 5.16 Å². The molecule has 0 saturated carbocycles. The van der Waals surface area contributed by atoms with Gasteiger partial charge in [-0.15, -0.1) is 0 Å². The number of hydrogen-bond donors (Lipinski definition) is 0. The van der Waals surface area contributed by atoms with Crippen molar-refractivity contribution in [2.75, 3.05) is 6.26 Å². The number of rotatable bonds is 4. The Labute approximate surface area is 152 Å². The van der Waals surface area contributed by atoms with Gasteiger partial charge in [-0.25, -0.2) is 26.0 Å². The number of halogens is 4. The van der Waals surface area contributed by atoms with Crippen LogP contribution >= 0.6 is 0 Å². The summed E-state index contributed by atoms with van der Waals surface area (Å²) in [4.78, 5) is -1.09. The van der Waals surface area contributed by atoms with E-state index < -0.39 is 38.9 Å². The molecule has 2 aromatic carbocycles. The van der Waals surface area contributed by atoms with Gasteiger partial charge in [-0.3, -0.25) is 0 Å². The number of alkyl halides is 1. The fourth-order valence-corrected chi connectivity index (χ4v) is 3.53. The van der Waals surface area contributed by atoms with E-state index in [4.69, 9.17) is 4.52 Å². The largest absolute Gasteiger partial charge is 0.357 e. The Morgan fingerprint density at radius 1 is 1.00 bits per heavy atom. The monoisotopic (exact) mass is 399 g/mol. The van der Waals surface area contributed by atoms with E-state index in [0.29, 0.717) is 11.8 Å². The molecule has 1 aromatic heterocycles. The first-order valence-corrected chi connectivity index (χ1v) is 9.53. The molecule has 27 heavy (non-hydrogen) atoms. The quantitative estimate of drug-likeness (QED) is 0.602. The minimum absolute atomic E-state index is 0.0209. The molecule has 0 spiro atoms. The van der Waals surface area contributed by atoms with E-state index in [0.717, 1.165) is 18.2 Å². The van der Waals surface area contributed by atoms with Crippen molar-refractivity contribution in [2.45, 2.75) is 18.5 Å². The summed E-state index contributed by atoms with van der Waals surface area (Å²) in [5.74, 6) is -3.54. The Bertz CT molecular complexity index is 1120. The highest BCUT2D eigenvalue weighted by molar-refractivity contribution is 7.90. The molecule has 0 amide bonds. The molecule has 0 bridgehead atoms. The average Bonchev–Trinajstić information content (AvgIpc) is 2.99. The third kappa shape index (κ3) is 3.46. The van der Waals surface area contributed by atoms with Gasteiger partial charge in [0.2, 0.25) is 0 Å². The van der Waals surface area contributed by atoms with Crippen LogP contribution in [-0.4, -0.2) is 19.8 Å². The molecule has 9 heteroatoms. The highest BCUT2D eigenvalue weighted by Gasteiger charge is 2.25. The van der Waals surface area contributed by atoms with Gasteiger partial charge in [-0.2, -0.15) is 0 Å². The van der Waals surface area contributed by atoms with Crippen molar-refractivity contribution in [3.8, 4) is 22.4 Å². The second kappa shape index (κ2) is 6.80. The Morgan fingerprint density at radius 3 is 2.11 bits per heavy atom. The van der Waals surface area contributed by atoms with Gasteiger partial charge in [0.25, 0.3) is 0 Å². The van der Waals surface area contributed by atoms with E-state index >= 15 is 0 Å². The molecule has 0 unspecified atom stereocenters. The highest BCUT2D eigenvalue weighted by Crippen LogP contribution is 2.37. The molecule has 0 radical (unpaired) electrons. The number of aromatic nitrogens is 1. The molecule has 3 aromatic rings. The van der Waals surface area contributed by atoms with E-state index in [9.17, 15) is 26.0 Å². The van der Waals surface area contributed by atoms with Crippen LogP contribution in [0.1, 0.15) is 11.3 Å². The van der Waals surface area contributed by atoms with Crippen molar-refractivity contribution < 1.29 is 30.5 Å². The summed E-state index contributed by atoms with van der Waals surface area (Å²) in [5, 5.41) is 3.69. The summed E-state index contributed by atoms with van der Waals surface area (Å²) < 4.78 is 83.7. The minimum atomic E-state index is -4.15. The van der Waals surface area contributed by atoms with Gasteiger partial charge in [-0.1, -0.05) is 17.3 Å². The van der Waals surface area contributed by atoms with Gasteiger partial charge in [0.05, 0.1) is 5.56 Å². The van der Waals surface area contributed by atoms with Crippen LogP contribution in [0.25, 0.3) is 22.4 Å². The molecule has 0 saturated heterocycles. The maximum Gasteiger partial charge on any atom is 0.181 e. The fourth-order valence-electron chi connectivity index (χ4n) is 2.71. The lowest BCUT2D eigenvalue weighted by Crippen LogP contribution is -2.05. The maximum absolute atomic E-state index is 14.3. The third-order valence-corrected chi connectivity index (χ3v) is 5.12. The molecule has 0 aliphatic rings. The zero-order valence-electron chi connectivity index (χ0n) is 14.2. The summed E-state index contributed by atoms with van der Waals surface area (Å²) in [6.07, 6.45) is 0.668. The lowest BCUT2D eigenvalue weighted by Gasteiger charge is -2.08. The zero-order valence-corrected chi connectivity index (χ0v) is 15.0. The topological polar surface area (TPSA) is 60.2 Å². The van der Waals surface area contributed by atoms with E-state index in [1.807, 2.05) is 0 Å². The van der Waals surface area contributed by atoms with Crippen molar-refractivity contribution in [2.24, 2.45) is 0 Å². The second-order valence-electron chi connectivity index (χ2n) is 5.97. The summed E-state index contributed by atoms with van der Waals surface area (Å²) in [6.45, 7) is 0.415. The molecule has 142 valence electrons. The Morgan fingerprint density at radius 2 is 1.59 bits per heavy atom. The average molecular weight is 399 g/mol. The zero-order chi connectivity index (χ0) is 19.9. The van der Waals surface area contributed by atoms with Crippen LogP contribution in [0.15, 0.2) is 39.8 Å². The number of benzene rings is 2. The van der Waals surface area contributed by atoms with Crippen LogP contribution in [0.2, 0.25) is 0 Å². The number of aryl methyl sites for hydroxylation is 1. The molecule has 0 N–H and O–H groups in total. The Balaban J connectivity index is 2.26. The van der Waals surface area contributed by atoms with Crippen LogP contribution in [0.5, 0.6) is 0 Å². The van der Waals surface area contributed by atoms with Crippen molar-refractivity contribution in [1.29, 1.82) is 0 Å². The summed E-state index contributed by atoms with van der Waals surface area (Å²) in [7, 11) is -4.15. The SMILES string of the molecule is Cc1ccc(-c2noc(CF)c2-c2cc(F)c(S(C)(=O)=O)c(F)c2)cc1F. The molecule has 3 rings (SSSR count). The Hall–Kier alpha value is -2.68. The van der Waals surface area contributed by atoms with Gasteiger partial charge in [0, 0.05) is 11.8 Å². The fraction of sp³-hybridized carbons (Fsp3) is 0.167. The highest BCUT2D eigenvalue weighted by atomic mass is 32.2. The maximum atomic E-state index is 14.3. The first-order chi connectivity index (χ1) is 12.6. The minimum Gasteiger partial charge on any atom is -0.357 e. The molecule has 0 fully saturated rings. The predicted octanol–water partition coefficient (Wildman–Crippen LogP) is 4.61. The van der Waals surface area contributed by atoms with Gasteiger partial charge in [0.1, 0.15) is 28.0 Å². The molecule has 0 aliphatic carbocycles. The normalized spacial score (nSPS) is 11.8. The smallest absolute Gasteiger partial charge is 0.181 e. The summed E-state index contributed by atoms with van der Waals surface area (Å²) in [6, 6.07) is 5.60. The molecule has 1 heterocycles. The second-order valence-corrected chi connectivity index (χ2v) is 7.92. The Kier molecular flexibility index (Phi) is 4.81. The summed E-state index contributed by atoms with van der Waals surface area (Å²) in [5.41, 5.74) is 0.294. The van der Waals surface area contributed by atoms with Gasteiger partial charge >= 0.3 is 0 Å². The lowest BCUT2D eigenvalue weighted by molar-refractivity contribution is 0.332. The standard InChI is InChI=1S/C18H13F4NO3S/c1-9-3-4-10(5-12(9)20)17-16(15(8-19)26-23-17)11-6-13(21)18(14(22)7-11)27(2,24)25/h3-7H,8H2,1-2H3. The van der Waals surface area contributed by atoms with E-state index in [1.54, 1.807) is 6.92 Å². The first kappa shape index (κ1) is 19.1. The number of sulfone groups is 1. The van der Waals surface area contributed by atoms with Gasteiger partial charge in [-0.05, 0) is 36.2 Å². The first-order valence-electron chi connectivity index (χ1n) is 7.64. The molecular weight excluding hydrogens is 386 g/mol. The summed E-state index contributed by atoms with van der Waals surface area (Å²) >= 11 is 0. The molecule has 4 nitrogen and oxygen atoms in total. The van der Waals surface area contributed by atoms with Gasteiger partial charge < -0.3 is 4.52 Å². The number of nitrogens with zero attached hydrogens (tertiary/aromatic N) is 1. The number of hydrogen-bond acceptors (Lipinski definition) is 4. The van der Waals surface area contributed by atoms with E-state index in [1.165, 1.54) is 12.1 Å². The van der Waals surface area contributed by atoms with Crippen molar-refractivity contribution >= 4 is 9.84 Å². The predicted molar refractivity (Wildman–Crippen MR) is 89.9 cm³/mol. The van der Waals surface area contributed by atoms with Crippen LogP contribution in [0.3, 0.4) is 0 Å². The van der Waals surface area contributed by atoms with E-state index in [2.05, 4.69) is 5.16 Å². The lowest BCUT2D eigenvalue weighted by atomic mass is 9.98. The van der Waals surface area contributed by atoms with E-state index in [-0.39, 0.29) is 28.1 Å². The third-order valence-electron chi connectivity index (χ3n) is 3.99. The molecule has 0 aliphatic heterocycles.